The van der Waals surface area contributed by atoms with Crippen molar-refractivity contribution in [3.8, 4) is 5.75 Å². The van der Waals surface area contributed by atoms with E-state index in [4.69, 9.17) is 22.1 Å². The van der Waals surface area contributed by atoms with E-state index in [1.54, 1.807) is 19.2 Å². The average Bonchev–Trinajstić information content (AvgIpc) is 2.35. The summed E-state index contributed by atoms with van der Waals surface area (Å²) < 4.78 is 5.48. The smallest absolute Gasteiger partial charge is 0.219 e. The zero-order chi connectivity index (χ0) is 12.7. The highest BCUT2D eigenvalue weighted by molar-refractivity contribution is 6.32. The summed E-state index contributed by atoms with van der Waals surface area (Å²) in [6.45, 7) is 0.922. The maximum Gasteiger partial charge on any atom is 0.219 e. The van der Waals surface area contributed by atoms with Gasteiger partial charge in [0.1, 0.15) is 5.75 Å². The molecular formula is C12H17ClN2O2. The molecular weight excluding hydrogens is 240 g/mol. The third kappa shape index (κ3) is 4.63. The van der Waals surface area contributed by atoms with Gasteiger partial charge in [-0.1, -0.05) is 17.7 Å². The van der Waals surface area contributed by atoms with Crippen LogP contribution >= 0.6 is 11.6 Å². The van der Waals surface area contributed by atoms with Gasteiger partial charge in [0.05, 0.1) is 11.6 Å². The van der Waals surface area contributed by atoms with E-state index in [0.29, 0.717) is 36.8 Å². The highest BCUT2D eigenvalue weighted by atomic mass is 35.5. The lowest BCUT2D eigenvalue weighted by Gasteiger charge is -2.08. The number of carbonyl (C=O) groups excluding carboxylic acids is 1. The van der Waals surface area contributed by atoms with Gasteiger partial charge in [-0.3, -0.25) is 4.79 Å². The topological polar surface area (TPSA) is 64.3 Å². The number of carbonyl (C=O) groups is 1. The fraction of sp³-hybridized carbons (Fsp3) is 0.417. The average molecular weight is 257 g/mol. The maximum absolute atomic E-state index is 11.0. The largest absolute Gasteiger partial charge is 0.492 e. The molecule has 0 aliphatic heterocycles. The molecule has 0 radical (unpaired) electrons. The first-order valence-corrected chi connectivity index (χ1v) is 5.87. The molecule has 0 aliphatic rings. The van der Waals surface area contributed by atoms with Crippen molar-refractivity contribution in [1.29, 1.82) is 0 Å². The molecule has 1 aromatic carbocycles. The highest BCUT2D eigenvalue weighted by Gasteiger charge is 2.03. The van der Waals surface area contributed by atoms with Crippen molar-refractivity contribution >= 4 is 17.5 Å². The molecule has 5 heteroatoms. The van der Waals surface area contributed by atoms with E-state index >= 15 is 0 Å². The van der Waals surface area contributed by atoms with Crippen molar-refractivity contribution in [3.05, 3.63) is 28.8 Å². The van der Waals surface area contributed by atoms with Crippen LogP contribution in [0.4, 0.5) is 0 Å². The van der Waals surface area contributed by atoms with Gasteiger partial charge in [0, 0.05) is 20.0 Å². The predicted molar refractivity (Wildman–Crippen MR) is 68.1 cm³/mol. The van der Waals surface area contributed by atoms with Crippen molar-refractivity contribution in [2.75, 3.05) is 13.7 Å². The second-order valence-electron chi connectivity index (χ2n) is 3.59. The van der Waals surface area contributed by atoms with E-state index in [1.165, 1.54) is 0 Å². The second kappa shape index (κ2) is 7.14. The third-order valence-electron chi connectivity index (χ3n) is 2.32. The number of amides is 1. The second-order valence-corrected chi connectivity index (χ2v) is 4.00. The fourth-order valence-electron chi connectivity index (χ4n) is 1.33. The van der Waals surface area contributed by atoms with Crippen LogP contribution in [0.15, 0.2) is 18.2 Å². The van der Waals surface area contributed by atoms with Crippen LogP contribution in [0, 0.1) is 0 Å². The first kappa shape index (κ1) is 13.8. The molecule has 17 heavy (non-hydrogen) atoms. The summed E-state index contributed by atoms with van der Waals surface area (Å²) in [5.41, 5.74) is 6.46. The number of halogens is 1. The number of rotatable bonds is 6. The van der Waals surface area contributed by atoms with Gasteiger partial charge in [0.25, 0.3) is 0 Å². The molecule has 3 N–H and O–H groups in total. The lowest BCUT2D eigenvalue weighted by Crippen LogP contribution is -2.18. The molecule has 0 atom stereocenters. The minimum absolute atomic E-state index is 0.0122. The van der Waals surface area contributed by atoms with E-state index in [-0.39, 0.29) is 5.91 Å². The standard InChI is InChI=1S/C12H17ClN2O2/c1-15-12(16)3-2-6-17-11-5-4-9(8-14)7-10(11)13/h4-5,7H,2-3,6,8,14H2,1H3,(H,15,16). The molecule has 0 spiro atoms. The van der Waals surface area contributed by atoms with Crippen LogP contribution in [0.1, 0.15) is 18.4 Å². The van der Waals surface area contributed by atoms with Crippen molar-refractivity contribution in [2.24, 2.45) is 5.73 Å². The summed E-state index contributed by atoms with van der Waals surface area (Å²) in [4.78, 5) is 11.0. The Morgan fingerprint density at radius 2 is 2.29 bits per heavy atom. The van der Waals surface area contributed by atoms with Gasteiger partial charge >= 0.3 is 0 Å². The van der Waals surface area contributed by atoms with Crippen LogP contribution in [-0.4, -0.2) is 19.6 Å². The van der Waals surface area contributed by atoms with Crippen molar-refractivity contribution in [2.45, 2.75) is 19.4 Å². The number of ether oxygens (including phenoxy) is 1. The Balaban J connectivity index is 2.39. The Labute approximate surface area is 106 Å². The normalized spacial score (nSPS) is 10.1. The number of benzene rings is 1. The quantitative estimate of drug-likeness (QED) is 0.762. The van der Waals surface area contributed by atoms with Crippen LogP contribution in [0.25, 0.3) is 0 Å². The van der Waals surface area contributed by atoms with Gasteiger partial charge in [-0.05, 0) is 24.1 Å². The Kier molecular flexibility index (Phi) is 5.80. The molecule has 0 fully saturated rings. The van der Waals surface area contributed by atoms with Gasteiger partial charge in [0.2, 0.25) is 5.91 Å². The SMILES string of the molecule is CNC(=O)CCCOc1ccc(CN)cc1Cl. The maximum atomic E-state index is 11.0. The van der Waals surface area contributed by atoms with E-state index in [1.807, 2.05) is 6.07 Å². The molecule has 0 saturated carbocycles. The molecule has 1 aromatic rings. The molecule has 0 aliphatic carbocycles. The Morgan fingerprint density at radius 1 is 1.53 bits per heavy atom. The van der Waals surface area contributed by atoms with Crippen LogP contribution in [0.3, 0.4) is 0 Å². The lowest BCUT2D eigenvalue weighted by atomic mass is 10.2. The van der Waals surface area contributed by atoms with E-state index in [9.17, 15) is 4.79 Å². The summed E-state index contributed by atoms with van der Waals surface area (Å²) in [6, 6.07) is 5.46. The summed E-state index contributed by atoms with van der Waals surface area (Å²) in [7, 11) is 1.62. The number of hydrogen-bond donors (Lipinski definition) is 2. The highest BCUT2D eigenvalue weighted by Crippen LogP contribution is 2.25. The van der Waals surface area contributed by atoms with Crippen molar-refractivity contribution in [1.82, 2.24) is 5.32 Å². The van der Waals surface area contributed by atoms with E-state index in [0.717, 1.165) is 5.56 Å². The number of nitrogens with one attached hydrogen (secondary N) is 1. The van der Waals surface area contributed by atoms with Crippen LogP contribution in [0.2, 0.25) is 5.02 Å². The van der Waals surface area contributed by atoms with E-state index in [2.05, 4.69) is 5.32 Å². The summed E-state index contributed by atoms with van der Waals surface area (Å²) >= 11 is 6.02. The molecule has 1 amide bonds. The molecule has 0 unspecified atom stereocenters. The molecule has 4 nitrogen and oxygen atoms in total. The Morgan fingerprint density at radius 3 is 2.88 bits per heavy atom. The van der Waals surface area contributed by atoms with Crippen LogP contribution < -0.4 is 15.8 Å². The van der Waals surface area contributed by atoms with Gasteiger partial charge in [-0.25, -0.2) is 0 Å². The minimum Gasteiger partial charge on any atom is -0.492 e. The summed E-state index contributed by atoms with van der Waals surface area (Å²) in [5, 5.41) is 3.10. The molecule has 0 bridgehead atoms. The molecule has 0 saturated heterocycles. The van der Waals surface area contributed by atoms with Gasteiger partial charge in [0.15, 0.2) is 0 Å². The zero-order valence-electron chi connectivity index (χ0n) is 9.83. The molecule has 1 rings (SSSR count). The van der Waals surface area contributed by atoms with Crippen molar-refractivity contribution < 1.29 is 9.53 Å². The monoisotopic (exact) mass is 256 g/mol. The fourth-order valence-corrected chi connectivity index (χ4v) is 1.59. The number of hydrogen-bond acceptors (Lipinski definition) is 3. The van der Waals surface area contributed by atoms with Gasteiger partial charge in [-0.2, -0.15) is 0 Å². The Hall–Kier alpha value is -1.26. The van der Waals surface area contributed by atoms with E-state index < -0.39 is 0 Å². The first-order valence-electron chi connectivity index (χ1n) is 5.49. The Bertz CT molecular complexity index is 383. The van der Waals surface area contributed by atoms with Crippen molar-refractivity contribution in [3.63, 3.8) is 0 Å². The lowest BCUT2D eigenvalue weighted by molar-refractivity contribution is -0.120. The number of nitrogens with two attached hydrogens (primary N) is 1. The van der Waals surface area contributed by atoms with Crippen LogP contribution in [-0.2, 0) is 11.3 Å². The predicted octanol–water partition coefficient (Wildman–Crippen LogP) is 1.70. The minimum atomic E-state index is 0.0122. The van der Waals surface area contributed by atoms with Gasteiger partial charge in [-0.15, -0.1) is 0 Å². The third-order valence-corrected chi connectivity index (χ3v) is 2.61. The zero-order valence-corrected chi connectivity index (χ0v) is 10.6. The first-order chi connectivity index (χ1) is 8.17. The molecule has 0 aromatic heterocycles. The van der Waals surface area contributed by atoms with Crippen LogP contribution in [0.5, 0.6) is 5.75 Å². The summed E-state index contributed by atoms with van der Waals surface area (Å²) in [5.74, 6) is 0.638. The molecule has 0 heterocycles. The van der Waals surface area contributed by atoms with Gasteiger partial charge < -0.3 is 15.8 Å². The molecule has 94 valence electrons. The summed E-state index contributed by atoms with van der Waals surface area (Å²) in [6.07, 6.45) is 1.11.